The number of carbonyl (C=O) groups excluding carboxylic acids is 1. The van der Waals surface area contributed by atoms with E-state index in [0.717, 1.165) is 18.0 Å². The van der Waals surface area contributed by atoms with Crippen molar-refractivity contribution < 1.29 is 4.79 Å². The van der Waals surface area contributed by atoms with Crippen LogP contribution in [0, 0.1) is 0 Å². The van der Waals surface area contributed by atoms with Gasteiger partial charge in [-0.2, -0.15) is 0 Å². The molecule has 0 aliphatic carbocycles. The molecule has 1 aromatic rings. The molecule has 0 aliphatic rings. The predicted molar refractivity (Wildman–Crippen MR) is 57.3 cm³/mol. The van der Waals surface area contributed by atoms with E-state index in [4.69, 9.17) is 0 Å². The fourth-order valence-corrected chi connectivity index (χ4v) is 1.76. The Balaban J connectivity index is 0.00000144. The fraction of sp³-hybridized carbons (Fsp3) is 0.444. The van der Waals surface area contributed by atoms with Gasteiger partial charge in [0.15, 0.2) is 0 Å². The maximum Gasteiger partial charge on any atom is 0.263 e. The van der Waals surface area contributed by atoms with Crippen molar-refractivity contribution in [3.63, 3.8) is 0 Å². The molecule has 0 atom stereocenters. The minimum Gasteiger partial charge on any atom is -0.339 e. The molecule has 1 aromatic heterocycles. The van der Waals surface area contributed by atoms with Crippen LogP contribution in [0.1, 0.15) is 23.5 Å². The molecular formula is C9H13KNOS. The Kier molecular flexibility index (Phi) is 7.59. The van der Waals surface area contributed by atoms with Gasteiger partial charge in [-0.3, -0.25) is 4.79 Å². The summed E-state index contributed by atoms with van der Waals surface area (Å²) in [5, 5.41) is 1.93. The summed E-state index contributed by atoms with van der Waals surface area (Å²) >= 11 is 1.50. The van der Waals surface area contributed by atoms with Crippen LogP contribution in [0.15, 0.2) is 17.5 Å². The number of amides is 1. The van der Waals surface area contributed by atoms with Gasteiger partial charge in [0.25, 0.3) is 5.91 Å². The SMILES string of the molecule is CCN(CC)C(=O)c1cccs1.[K]. The van der Waals surface area contributed by atoms with Gasteiger partial charge >= 0.3 is 0 Å². The van der Waals surface area contributed by atoms with E-state index in [-0.39, 0.29) is 57.3 Å². The molecule has 0 saturated heterocycles. The molecule has 1 radical (unpaired) electrons. The van der Waals surface area contributed by atoms with E-state index in [1.807, 2.05) is 36.3 Å². The zero-order valence-electron chi connectivity index (χ0n) is 8.41. The number of hydrogen-bond donors (Lipinski definition) is 0. The smallest absolute Gasteiger partial charge is 0.263 e. The molecule has 0 bridgehead atoms. The summed E-state index contributed by atoms with van der Waals surface area (Å²) < 4.78 is 0. The summed E-state index contributed by atoms with van der Waals surface area (Å²) in [7, 11) is 0. The van der Waals surface area contributed by atoms with E-state index in [9.17, 15) is 4.79 Å². The second-order valence-electron chi connectivity index (χ2n) is 2.45. The second-order valence-corrected chi connectivity index (χ2v) is 3.40. The Labute approximate surface area is 126 Å². The maximum absolute atomic E-state index is 11.6. The van der Waals surface area contributed by atoms with Crippen molar-refractivity contribution in [1.29, 1.82) is 0 Å². The van der Waals surface area contributed by atoms with Crippen LogP contribution in [0.2, 0.25) is 0 Å². The van der Waals surface area contributed by atoms with Gasteiger partial charge in [-0.25, -0.2) is 0 Å². The van der Waals surface area contributed by atoms with Crippen LogP contribution >= 0.6 is 11.3 Å². The zero-order chi connectivity index (χ0) is 8.97. The van der Waals surface area contributed by atoms with Gasteiger partial charge in [0, 0.05) is 64.5 Å². The molecule has 1 amide bonds. The minimum atomic E-state index is 0. The van der Waals surface area contributed by atoms with Gasteiger partial charge in [-0.15, -0.1) is 11.3 Å². The van der Waals surface area contributed by atoms with Crippen molar-refractivity contribution in [2.45, 2.75) is 13.8 Å². The second kappa shape index (κ2) is 7.14. The molecule has 67 valence electrons. The third-order valence-corrected chi connectivity index (χ3v) is 2.64. The first-order valence-electron chi connectivity index (χ1n) is 4.12. The van der Waals surface area contributed by atoms with Crippen LogP contribution in [0.3, 0.4) is 0 Å². The Bertz CT molecular complexity index is 244. The Hall–Kier alpha value is 0.806. The topological polar surface area (TPSA) is 20.3 Å². The van der Waals surface area contributed by atoms with E-state index in [0.29, 0.717) is 0 Å². The third-order valence-electron chi connectivity index (χ3n) is 1.78. The van der Waals surface area contributed by atoms with Crippen molar-refractivity contribution in [2.75, 3.05) is 13.1 Å². The van der Waals surface area contributed by atoms with Crippen molar-refractivity contribution in [2.24, 2.45) is 0 Å². The van der Waals surface area contributed by atoms with Crippen molar-refractivity contribution in [3.05, 3.63) is 22.4 Å². The van der Waals surface area contributed by atoms with Gasteiger partial charge in [0.05, 0.1) is 4.88 Å². The number of hydrogen-bond acceptors (Lipinski definition) is 2. The van der Waals surface area contributed by atoms with E-state index < -0.39 is 0 Å². The molecule has 0 aliphatic heterocycles. The molecule has 1 heterocycles. The first kappa shape index (κ1) is 13.8. The molecule has 4 heteroatoms. The van der Waals surface area contributed by atoms with E-state index >= 15 is 0 Å². The normalized spacial score (nSPS) is 9.08. The molecule has 0 unspecified atom stereocenters. The van der Waals surface area contributed by atoms with E-state index in [2.05, 4.69) is 0 Å². The van der Waals surface area contributed by atoms with Crippen LogP contribution in [-0.2, 0) is 0 Å². The third kappa shape index (κ3) is 3.81. The molecule has 13 heavy (non-hydrogen) atoms. The molecule has 0 saturated carbocycles. The van der Waals surface area contributed by atoms with Gasteiger partial charge in [0.2, 0.25) is 0 Å². The number of nitrogens with zero attached hydrogens (tertiary/aromatic N) is 1. The summed E-state index contributed by atoms with van der Waals surface area (Å²) in [5.74, 6) is 0.148. The average molecular weight is 222 g/mol. The van der Waals surface area contributed by atoms with Gasteiger partial charge in [-0.05, 0) is 25.3 Å². The molecule has 0 fully saturated rings. The van der Waals surface area contributed by atoms with Crippen LogP contribution in [0.4, 0.5) is 0 Å². The average Bonchev–Trinajstić information content (AvgIpc) is 2.58. The Morgan fingerprint density at radius 3 is 2.46 bits per heavy atom. The number of thiophene rings is 1. The zero-order valence-corrected chi connectivity index (χ0v) is 12.3. The minimum absolute atomic E-state index is 0. The van der Waals surface area contributed by atoms with Crippen molar-refractivity contribution in [1.82, 2.24) is 4.90 Å². The van der Waals surface area contributed by atoms with Gasteiger partial charge in [0.1, 0.15) is 0 Å². The first-order valence-corrected chi connectivity index (χ1v) is 5.00. The van der Waals surface area contributed by atoms with Crippen LogP contribution in [0.5, 0.6) is 0 Å². The molecule has 0 N–H and O–H groups in total. The molecule has 0 spiro atoms. The standard InChI is InChI=1S/C9H13NOS.K/c1-3-10(4-2)9(11)8-6-5-7-12-8;/h5-7H,3-4H2,1-2H3;. The monoisotopic (exact) mass is 222 g/mol. The van der Waals surface area contributed by atoms with Gasteiger partial charge < -0.3 is 4.90 Å². The summed E-state index contributed by atoms with van der Waals surface area (Å²) in [6.45, 7) is 5.56. The Morgan fingerprint density at radius 1 is 1.46 bits per heavy atom. The van der Waals surface area contributed by atoms with Gasteiger partial charge in [-0.1, -0.05) is 6.07 Å². The summed E-state index contributed by atoms with van der Waals surface area (Å²) in [4.78, 5) is 14.3. The first-order chi connectivity index (χ1) is 5.79. The molecular weight excluding hydrogens is 209 g/mol. The molecule has 1 rings (SSSR count). The number of rotatable bonds is 3. The summed E-state index contributed by atoms with van der Waals surface area (Å²) in [6.07, 6.45) is 0. The largest absolute Gasteiger partial charge is 0.339 e. The summed E-state index contributed by atoms with van der Waals surface area (Å²) in [5.41, 5.74) is 0. The molecule has 0 aromatic carbocycles. The van der Waals surface area contributed by atoms with Crippen LogP contribution in [-0.4, -0.2) is 75.3 Å². The quantitative estimate of drug-likeness (QED) is 0.715. The van der Waals surface area contributed by atoms with Crippen LogP contribution in [0.25, 0.3) is 0 Å². The van der Waals surface area contributed by atoms with Crippen molar-refractivity contribution >= 4 is 68.6 Å². The van der Waals surface area contributed by atoms with Crippen molar-refractivity contribution in [3.8, 4) is 0 Å². The summed E-state index contributed by atoms with van der Waals surface area (Å²) in [6, 6.07) is 3.77. The number of carbonyl (C=O) groups is 1. The van der Waals surface area contributed by atoms with E-state index in [1.165, 1.54) is 11.3 Å². The van der Waals surface area contributed by atoms with Crippen LogP contribution < -0.4 is 0 Å². The predicted octanol–water partition coefficient (Wildman–Crippen LogP) is 1.85. The Morgan fingerprint density at radius 2 is 2.08 bits per heavy atom. The molecule has 2 nitrogen and oxygen atoms in total. The maximum atomic E-state index is 11.6. The fourth-order valence-electron chi connectivity index (χ4n) is 1.07. The van der Waals surface area contributed by atoms with E-state index in [1.54, 1.807) is 0 Å².